The van der Waals surface area contributed by atoms with Gasteiger partial charge in [0.1, 0.15) is 0 Å². The van der Waals surface area contributed by atoms with E-state index in [-0.39, 0.29) is 18.9 Å². The molecule has 1 fully saturated rings. The number of amides is 1. The summed E-state index contributed by atoms with van der Waals surface area (Å²) < 4.78 is 25.7. The number of carbonyl (C=O) groups is 1. The Morgan fingerprint density at radius 2 is 2.12 bits per heavy atom. The van der Waals surface area contributed by atoms with E-state index < -0.39 is 10.0 Å². The number of benzene rings is 1. The first-order valence-corrected chi connectivity index (χ1v) is 10.4. The van der Waals surface area contributed by atoms with E-state index in [1.807, 2.05) is 11.8 Å². The number of anilines is 1. The largest absolute Gasteiger partial charge is 0.342 e. The van der Waals surface area contributed by atoms with Crippen molar-refractivity contribution in [2.45, 2.75) is 33.1 Å². The van der Waals surface area contributed by atoms with Gasteiger partial charge in [-0.2, -0.15) is 0 Å². The van der Waals surface area contributed by atoms with Crippen LogP contribution in [0.4, 0.5) is 5.69 Å². The fraction of sp³-hybridized carbons (Fsp3) is 0.588. The summed E-state index contributed by atoms with van der Waals surface area (Å²) in [7, 11) is -3.47. The lowest BCUT2D eigenvalue weighted by Gasteiger charge is -2.32. The topological polar surface area (TPSA) is 57.7 Å². The van der Waals surface area contributed by atoms with Gasteiger partial charge < -0.3 is 4.90 Å². The zero-order chi connectivity index (χ0) is 17.9. The summed E-state index contributed by atoms with van der Waals surface area (Å²) in [5.74, 6) is 0.522. The van der Waals surface area contributed by atoms with Crippen molar-refractivity contribution < 1.29 is 13.2 Å². The molecule has 1 aliphatic rings. The number of rotatable bonds is 5. The number of nitrogens with zero attached hydrogens (tertiary/aromatic N) is 2. The highest BCUT2D eigenvalue weighted by molar-refractivity contribution is 7.92. The molecule has 0 radical (unpaired) electrons. The second kappa shape index (κ2) is 7.74. The van der Waals surface area contributed by atoms with Crippen LogP contribution in [0, 0.1) is 12.8 Å². The van der Waals surface area contributed by atoms with Gasteiger partial charge >= 0.3 is 0 Å². The van der Waals surface area contributed by atoms with Crippen LogP contribution in [0.5, 0.6) is 0 Å². The number of carbonyl (C=O) groups excluding carboxylic acids is 1. The molecule has 24 heavy (non-hydrogen) atoms. The second-order valence-corrected chi connectivity index (χ2v) is 8.95. The van der Waals surface area contributed by atoms with Gasteiger partial charge in [-0.05, 0) is 49.4 Å². The molecule has 0 saturated carbocycles. The molecule has 0 aliphatic carbocycles. The SMILES string of the molecule is Cc1cc(Cl)ccc1N(CCC(=O)N1CCCC(C)C1)S(C)(=O)=O. The fourth-order valence-electron chi connectivity index (χ4n) is 3.13. The Morgan fingerprint density at radius 3 is 2.71 bits per heavy atom. The summed E-state index contributed by atoms with van der Waals surface area (Å²) in [5.41, 5.74) is 1.34. The summed E-state index contributed by atoms with van der Waals surface area (Å²) in [5, 5.41) is 0.558. The van der Waals surface area contributed by atoms with E-state index in [1.54, 1.807) is 18.2 Å². The van der Waals surface area contributed by atoms with Crippen molar-refractivity contribution in [2.24, 2.45) is 5.92 Å². The van der Waals surface area contributed by atoms with Crippen LogP contribution >= 0.6 is 11.6 Å². The van der Waals surface area contributed by atoms with Crippen LogP contribution in [0.1, 0.15) is 31.7 Å². The Morgan fingerprint density at radius 1 is 1.42 bits per heavy atom. The number of likely N-dealkylation sites (tertiary alicyclic amines) is 1. The van der Waals surface area contributed by atoms with Crippen LogP contribution in [0.3, 0.4) is 0 Å². The average molecular weight is 373 g/mol. The van der Waals surface area contributed by atoms with Crippen LogP contribution in [0.15, 0.2) is 18.2 Å². The third-order valence-corrected chi connectivity index (χ3v) is 5.78. The Kier molecular flexibility index (Phi) is 6.15. The van der Waals surface area contributed by atoms with Crippen molar-refractivity contribution in [3.05, 3.63) is 28.8 Å². The van der Waals surface area contributed by atoms with E-state index in [0.29, 0.717) is 16.6 Å². The van der Waals surface area contributed by atoms with E-state index in [4.69, 9.17) is 11.6 Å². The van der Waals surface area contributed by atoms with E-state index in [2.05, 4.69) is 6.92 Å². The zero-order valence-electron chi connectivity index (χ0n) is 14.5. The van der Waals surface area contributed by atoms with Crippen molar-refractivity contribution in [1.29, 1.82) is 0 Å². The maximum absolute atomic E-state index is 12.4. The highest BCUT2D eigenvalue weighted by atomic mass is 35.5. The van der Waals surface area contributed by atoms with E-state index in [0.717, 1.165) is 37.8 Å². The molecular weight excluding hydrogens is 348 g/mol. The first-order valence-electron chi connectivity index (χ1n) is 8.20. The molecule has 1 aliphatic heterocycles. The third-order valence-electron chi connectivity index (χ3n) is 4.37. The summed E-state index contributed by atoms with van der Waals surface area (Å²) in [6.07, 6.45) is 3.50. The number of aryl methyl sites for hydroxylation is 1. The molecular formula is C17H25ClN2O3S. The molecule has 0 spiro atoms. The number of sulfonamides is 1. The minimum absolute atomic E-state index is 0.0156. The first kappa shape index (κ1) is 19.1. The summed E-state index contributed by atoms with van der Waals surface area (Å²) in [6, 6.07) is 5.07. The smallest absolute Gasteiger partial charge is 0.232 e. The molecule has 1 saturated heterocycles. The molecule has 0 aromatic heterocycles. The standard InChI is InChI=1S/C17H25ClN2O3S/c1-13-5-4-9-19(12-13)17(21)8-10-20(24(3,22)23)16-7-6-15(18)11-14(16)2/h6-7,11,13H,4-5,8-10,12H2,1-3H3. The van der Waals surface area contributed by atoms with Gasteiger partial charge in [0, 0.05) is 31.1 Å². The van der Waals surface area contributed by atoms with Crippen molar-refractivity contribution in [3.63, 3.8) is 0 Å². The van der Waals surface area contributed by atoms with Crippen molar-refractivity contribution >= 4 is 33.2 Å². The van der Waals surface area contributed by atoms with E-state index >= 15 is 0 Å². The lowest BCUT2D eigenvalue weighted by molar-refractivity contribution is -0.132. The molecule has 1 amide bonds. The lowest BCUT2D eigenvalue weighted by atomic mass is 10.00. The van der Waals surface area contributed by atoms with Gasteiger partial charge in [-0.15, -0.1) is 0 Å². The molecule has 1 aromatic rings. The normalized spacial score (nSPS) is 18.5. The molecule has 5 nitrogen and oxygen atoms in total. The number of hydrogen-bond acceptors (Lipinski definition) is 3. The summed E-state index contributed by atoms with van der Waals surface area (Å²) in [6.45, 7) is 5.62. The highest BCUT2D eigenvalue weighted by Gasteiger charge is 2.24. The van der Waals surface area contributed by atoms with Crippen molar-refractivity contribution in [1.82, 2.24) is 4.90 Å². The second-order valence-electron chi connectivity index (χ2n) is 6.60. The predicted molar refractivity (Wildman–Crippen MR) is 98.0 cm³/mol. The van der Waals surface area contributed by atoms with Gasteiger partial charge in [-0.25, -0.2) is 8.42 Å². The molecule has 134 valence electrons. The molecule has 1 atom stereocenters. The fourth-order valence-corrected chi connectivity index (χ4v) is 4.35. The quantitative estimate of drug-likeness (QED) is 0.798. The molecule has 1 aromatic carbocycles. The lowest BCUT2D eigenvalue weighted by Crippen LogP contribution is -2.41. The van der Waals surface area contributed by atoms with Crippen LogP contribution in [0.2, 0.25) is 5.02 Å². The Hall–Kier alpha value is -1.27. The number of halogens is 1. The minimum atomic E-state index is -3.47. The zero-order valence-corrected chi connectivity index (χ0v) is 16.0. The van der Waals surface area contributed by atoms with Crippen LogP contribution < -0.4 is 4.31 Å². The van der Waals surface area contributed by atoms with Crippen molar-refractivity contribution in [2.75, 3.05) is 30.2 Å². The average Bonchev–Trinajstić information content (AvgIpc) is 2.48. The highest BCUT2D eigenvalue weighted by Crippen LogP contribution is 2.26. The molecule has 1 unspecified atom stereocenters. The minimum Gasteiger partial charge on any atom is -0.342 e. The van der Waals surface area contributed by atoms with E-state index in [1.165, 1.54) is 4.31 Å². The maximum Gasteiger partial charge on any atom is 0.232 e. The molecule has 1 heterocycles. The number of hydrogen-bond donors (Lipinski definition) is 0. The van der Waals surface area contributed by atoms with Gasteiger partial charge in [0.2, 0.25) is 15.9 Å². The Balaban J connectivity index is 2.11. The third kappa shape index (κ3) is 4.86. The molecule has 2 rings (SSSR count). The summed E-state index contributed by atoms with van der Waals surface area (Å²) >= 11 is 5.95. The molecule has 7 heteroatoms. The maximum atomic E-state index is 12.4. The van der Waals surface area contributed by atoms with E-state index in [9.17, 15) is 13.2 Å². The molecule has 0 N–H and O–H groups in total. The van der Waals surface area contributed by atoms with Crippen LogP contribution in [-0.2, 0) is 14.8 Å². The van der Waals surface area contributed by atoms with Crippen molar-refractivity contribution in [3.8, 4) is 0 Å². The Bertz CT molecular complexity index is 706. The van der Waals surface area contributed by atoms with Gasteiger partial charge in [0.25, 0.3) is 0 Å². The van der Waals surface area contributed by atoms with Gasteiger partial charge in [-0.3, -0.25) is 9.10 Å². The van der Waals surface area contributed by atoms with Crippen LogP contribution in [-0.4, -0.2) is 45.1 Å². The Labute approximate surface area is 149 Å². The summed E-state index contributed by atoms with van der Waals surface area (Å²) in [4.78, 5) is 14.3. The predicted octanol–water partition coefficient (Wildman–Crippen LogP) is 3.06. The van der Waals surface area contributed by atoms with Gasteiger partial charge in [0.15, 0.2) is 0 Å². The number of piperidine rings is 1. The monoisotopic (exact) mass is 372 g/mol. The first-order chi connectivity index (χ1) is 11.2. The molecule has 0 bridgehead atoms. The van der Waals surface area contributed by atoms with Gasteiger partial charge in [-0.1, -0.05) is 18.5 Å². The van der Waals surface area contributed by atoms with Crippen LogP contribution in [0.25, 0.3) is 0 Å². The van der Waals surface area contributed by atoms with Gasteiger partial charge in [0.05, 0.1) is 11.9 Å².